The number of aliphatic imine (C=N–C) groups is 1. The molecule has 0 aliphatic carbocycles. The predicted octanol–water partition coefficient (Wildman–Crippen LogP) is 5.31. The number of hydrogen-bond acceptors (Lipinski definition) is 2. The van der Waals surface area contributed by atoms with Crippen LogP contribution >= 0.6 is 0 Å². The van der Waals surface area contributed by atoms with E-state index in [2.05, 4.69) is 15.0 Å². The molecule has 3 aromatic carbocycles. The molecule has 0 heterocycles. The molecule has 3 rings (SSSR count). The number of rotatable bonds is 4. The summed E-state index contributed by atoms with van der Waals surface area (Å²) < 4.78 is 0. The molecule has 0 saturated carbocycles. The topological polar surface area (TPSA) is 78.2 Å². The Morgan fingerprint density at radius 2 is 1.28 bits per heavy atom. The van der Waals surface area contributed by atoms with Gasteiger partial charge in [-0.05, 0) is 11.6 Å². The molecule has 0 N–H and O–H groups in total. The first-order valence-corrected chi connectivity index (χ1v) is 7.67. The maximum absolute atomic E-state index is 12.7. The Morgan fingerprint density at radius 1 is 0.760 bits per heavy atom. The summed E-state index contributed by atoms with van der Waals surface area (Å²) in [6.45, 7) is 0. The molecule has 0 radical (unpaired) electrons. The van der Waals surface area contributed by atoms with Crippen LogP contribution in [0.3, 0.4) is 0 Å². The van der Waals surface area contributed by atoms with E-state index in [1.807, 2.05) is 60.7 Å². The van der Waals surface area contributed by atoms with Gasteiger partial charge in [0.2, 0.25) is 0 Å². The Morgan fingerprint density at radius 3 is 1.84 bits per heavy atom. The minimum atomic E-state index is -0.453. The Hall–Kier alpha value is -3.69. The van der Waals surface area contributed by atoms with Crippen molar-refractivity contribution in [3.63, 3.8) is 0 Å². The van der Waals surface area contributed by atoms with Crippen LogP contribution in [0, 0.1) is 0 Å². The van der Waals surface area contributed by atoms with Gasteiger partial charge < -0.3 is 0 Å². The van der Waals surface area contributed by atoms with Gasteiger partial charge in [-0.15, -0.1) is 0 Å². The number of amides is 1. The van der Waals surface area contributed by atoms with Crippen molar-refractivity contribution in [1.82, 2.24) is 0 Å². The van der Waals surface area contributed by atoms with Crippen LogP contribution in [0.5, 0.6) is 0 Å². The molecule has 120 valence electrons. The Kier molecular flexibility index (Phi) is 5.00. The van der Waals surface area contributed by atoms with Gasteiger partial charge in [0, 0.05) is 16.0 Å². The smallest absolute Gasteiger partial charge is 0.267 e. The average Bonchev–Trinajstić information content (AvgIpc) is 2.68. The van der Waals surface area contributed by atoms with E-state index in [1.165, 1.54) is 0 Å². The van der Waals surface area contributed by atoms with Crippen LogP contribution in [0.1, 0.15) is 21.5 Å². The zero-order valence-electron chi connectivity index (χ0n) is 13.3. The van der Waals surface area contributed by atoms with Gasteiger partial charge in [0.25, 0.3) is 5.91 Å². The summed E-state index contributed by atoms with van der Waals surface area (Å²) in [7, 11) is 0. The van der Waals surface area contributed by atoms with Crippen LogP contribution in [0.2, 0.25) is 0 Å². The molecule has 0 fully saturated rings. The maximum atomic E-state index is 12.7. The van der Waals surface area contributed by atoms with Crippen molar-refractivity contribution < 1.29 is 4.79 Å². The largest absolute Gasteiger partial charge is 0.278 e. The number of carbonyl (C=O) groups is 1. The first-order chi connectivity index (χ1) is 12.3. The number of carbonyl (C=O) groups excluding carboxylic acids is 1. The van der Waals surface area contributed by atoms with Crippen molar-refractivity contribution in [2.75, 3.05) is 0 Å². The Labute approximate surface area is 144 Å². The van der Waals surface area contributed by atoms with E-state index in [1.54, 1.807) is 24.3 Å². The molecule has 0 bridgehead atoms. The molecule has 3 aromatic rings. The normalized spacial score (nSPS) is 9.76. The Bertz CT molecular complexity index is 918. The molecule has 0 aliphatic rings. The average molecular weight is 326 g/mol. The highest BCUT2D eigenvalue weighted by molar-refractivity contribution is 6.19. The Balaban J connectivity index is 2.11. The molecule has 0 unspecified atom stereocenters. The molecule has 25 heavy (non-hydrogen) atoms. The van der Waals surface area contributed by atoms with Gasteiger partial charge >= 0.3 is 0 Å². The summed E-state index contributed by atoms with van der Waals surface area (Å²) in [6.07, 6.45) is 0. The third-order valence-electron chi connectivity index (χ3n) is 3.59. The van der Waals surface area contributed by atoms with Crippen molar-refractivity contribution >= 4 is 17.3 Å². The fourth-order valence-electron chi connectivity index (χ4n) is 2.44. The van der Waals surface area contributed by atoms with Crippen molar-refractivity contribution in [1.29, 1.82) is 0 Å². The molecule has 0 spiro atoms. The fourth-order valence-corrected chi connectivity index (χ4v) is 2.44. The third kappa shape index (κ3) is 3.80. The summed E-state index contributed by atoms with van der Waals surface area (Å²) in [5.74, 6) is -0.453. The van der Waals surface area contributed by atoms with Gasteiger partial charge in [-0.3, -0.25) is 4.79 Å². The molecule has 1 amide bonds. The second kappa shape index (κ2) is 7.73. The van der Waals surface area contributed by atoms with Crippen molar-refractivity contribution in [3.05, 3.63) is 112 Å². The minimum absolute atomic E-state index is 0.263. The van der Waals surface area contributed by atoms with E-state index < -0.39 is 5.91 Å². The van der Waals surface area contributed by atoms with Crippen molar-refractivity contribution in [2.24, 2.45) is 10.1 Å². The van der Waals surface area contributed by atoms with E-state index in [4.69, 9.17) is 5.53 Å². The SMILES string of the molecule is [N-]=[N+]=Nc1ccccc1C(=O)N=C(c1ccccc1)c1ccccc1. The molecular weight excluding hydrogens is 312 g/mol. The van der Waals surface area contributed by atoms with E-state index in [9.17, 15) is 4.79 Å². The number of nitrogens with zero attached hydrogens (tertiary/aromatic N) is 4. The van der Waals surface area contributed by atoms with Crippen LogP contribution in [0.15, 0.2) is 95.0 Å². The second-order valence-electron chi connectivity index (χ2n) is 5.20. The molecule has 0 aliphatic heterocycles. The van der Waals surface area contributed by atoms with Gasteiger partial charge in [-0.1, -0.05) is 84.0 Å². The summed E-state index contributed by atoms with van der Waals surface area (Å²) in [4.78, 5) is 19.8. The second-order valence-corrected chi connectivity index (χ2v) is 5.20. The first kappa shape index (κ1) is 16.2. The van der Waals surface area contributed by atoms with E-state index in [0.717, 1.165) is 11.1 Å². The van der Waals surface area contributed by atoms with Crippen molar-refractivity contribution in [2.45, 2.75) is 0 Å². The van der Waals surface area contributed by atoms with Crippen LogP contribution in [0.4, 0.5) is 5.69 Å². The number of hydrogen-bond donors (Lipinski definition) is 0. The van der Waals surface area contributed by atoms with Crippen molar-refractivity contribution in [3.8, 4) is 0 Å². The lowest BCUT2D eigenvalue weighted by Gasteiger charge is -2.08. The lowest BCUT2D eigenvalue weighted by atomic mass is 10.0. The zero-order chi connectivity index (χ0) is 17.5. The molecule has 5 nitrogen and oxygen atoms in total. The maximum Gasteiger partial charge on any atom is 0.278 e. The molecule has 0 atom stereocenters. The lowest BCUT2D eigenvalue weighted by Crippen LogP contribution is -2.07. The zero-order valence-corrected chi connectivity index (χ0v) is 13.3. The number of benzene rings is 3. The van der Waals surface area contributed by atoms with E-state index in [-0.39, 0.29) is 11.3 Å². The van der Waals surface area contributed by atoms with Gasteiger partial charge in [0.1, 0.15) is 0 Å². The van der Waals surface area contributed by atoms with Gasteiger partial charge in [-0.25, -0.2) is 4.99 Å². The highest BCUT2D eigenvalue weighted by Crippen LogP contribution is 2.21. The standard InChI is InChI=1S/C20H14N4O/c21-24-23-18-14-8-7-13-17(18)20(25)22-19(15-9-3-1-4-10-15)16-11-5-2-6-12-16/h1-14H. The summed E-state index contributed by atoms with van der Waals surface area (Å²) in [5, 5.41) is 3.57. The quantitative estimate of drug-likeness (QED) is 0.277. The van der Waals surface area contributed by atoms with E-state index in [0.29, 0.717) is 5.71 Å². The number of azide groups is 1. The molecular formula is C20H14N4O. The molecule has 0 saturated heterocycles. The monoisotopic (exact) mass is 326 g/mol. The first-order valence-electron chi connectivity index (χ1n) is 7.67. The van der Waals surface area contributed by atoms with Gasteiger partial charge in [0.05, 0.1) is 17.0 Å². The summed E-state index contributed by atoms with van der Waals surface area (Å²) >= 11 is 0. The molecule has 5 heteroatoms. The molecule has 0 aromatic heterocycles. The fraction of sp³-hybridized carbons (Fsp3) is 0. The summed E-state index contributed by atoms with van der Waals surface area (Å²) in [5.41, 5.74) is 11.5. The summed E-state index contributed by atoms with van der Waals surface area (Å²) in [6, 6.07) is 25.6. The van der Waals surface area contributed by atoms with Crippen LogP contribution in [-0.2, 0) is 0 Å². The van der Waals surface area contributed by atoms with Crippen LogP contribution < -0.4 is 0 Å². The van der Waals surface area contributed by atoms with Gasteiger partial charge in [-0.2, -0.15) is 0 Å². The highest BCUT2D eigenvalue weighted by Gasteiger charge is 2.13. The van der Waals surface area contributed by atoms with Gasteiger partial charge in [0.15, 0.2) is 0 Å². The minimum Gasteiger partial charge on any atom is -0.267 e. The van der Waals surface area contributed by atoms with Crippen LogP contribution in [-0.4, -0.2) is 11.6 Å². The van der Waals surface area contributed by atoms with Crippen LogP contribution in [0.25, 0.3) is 10.4 Å². The lowest BCUT2D eigenvalue weighted by molar-refractivity contribution is 0.100. The predicted molar refractivity (Wildman–Crippen MR) is 98.1 cm³/mol. The third-order valence-corrected chi connectivity index (χ3v) is 3.59. The van der Waals surface area contributed by atoms with E-state index >= 15 is 0 Å². The highest BCUT2D eigenvalue weighted by atomic mass is 16.1.